The Bertz CT molecular complexity index is 893. The SMILES string of the molecule is COc1cccc(CSC2NC(=O)CC(CC(=O)Nc3ccc(C)c(Cl)c3)N2)c1. The summed E-state index contributed by atoms with van der Waals surface area (Å²) >= 11 is 7.67. The second kappa shape index (κ2) is 10.0. The zero-order chi connectivity index (χ0) is 20.8. The lowest BCUT2D eigenvalue weighted by molar-refractivity contribution is -0.124. The summed E-state index contributed by atoms with van der Waals surface area (Å²) in [5.74, 6) is 1.28. The fourth-order valence-corrected chi connectivity index (χ4v) is 4.24. The van der Waals surface area contributed by atoms with E-state index in [9.17, 15) is 9.59 Å². The molecule has 2 amide bonds. The second-order valence-electron chi connectivity index (χ2n) is 6.89. The summed E-state index contributed by atoms with van der Waals surface area (Å²) in [6.07, 6.45) is 0.466. The summed E-state index contributed by atoms with van der Waals surface area (Å²) in [4.78, 5) is 24.5. The molecule has 3 rings (SSSR count). The molecule has 8 heteroatoms. The molecule has 0 aliphatic carbocycles. The summed E-state index contributed by atoms with van der Waals surface area (Å²) in [5, 5.41) is 9.69. The average Bonchev–Trinajstić information content (AvgIpc) is 2.69. The van der Waals surface area contributed by atoms with Gasteiger partial charge in [0.2, 0.25) is 11.8 Å². The summed E-state index contributed by atoms with van der Waals surface area (Å²) in [6, 6.07) is 13.0. The number of rotatable bonds is 7. The van der Waals surface area contributed by atoms with Crippen LogP contribution in [0.25, 0.3) is 0 Å². The number of aryl methyl sites for hydroxylation is 1. The fourth-order valence-electron chi connectivity index (χ4n) is 3.01. The first-order chi connectivity index (χ1) is 13.9. The van der Waals surface area contributed by atoms with Gasteiger partial charge >= 0.3 is 0 Å². The van der Waals surface area contributed by atoms with Gasteiger partial charge in [-0.3, -0.25) is 14.9 Å². The zero-order valence-corrected chi connectivity index (χ0v) is 17.9. The highest BCUT2D eigenvalue weighted by Gasteiger charge is 2.27. The number of ether oxygens (including phenoxy) is 1. The number of carbonyl (C=O) groups is 2. The van der Waals surface area contributed by atoms with E-state index in [1.807, 2.05) is 43.3 Å². The van der Waals surface area contributed by atoms with Crippen molar-refractivity contribution in [3.63, 3.8) is 0 Å². The molecule has 0 radical (unpaired) electrons. The van der Waals surface area contributed by atoms with Gasteiger partial charge in [-0.25, -0.2) is 0 Å². The van der Waals surface area contributed by atoms with Crippen molar-refractivity contribution in [1.82, 2.24) is 10.6 Å². The van der Waals surface area contributed by atoms with Crippen molar-refractivity contribution in [3.8, 4) is 5.75 Å². The fraction of sp³-hybridized carbons (Fsp3) is 0.333. The largest absolute Gasteiger partial charge is 0.497 e. The third kappa shape index (κ3) is 6.39. The topological polar surface area (TPSA) is 79.5 Å². The highest BCUT2D eigenvalue weighted by Crippen LogP contribution is 2.23. The van der Waals surface area contributed by atoms with Crippen LogP contribution in [-0.4, -0.2) is 30.5 Å². The summed E-state index contributed by atoms with van der Waals surface area (Å²) in [6.45, 7) is 1.90. The number of carbonyl (C=O) groups excluding carboxylic acids is 2. The summed E-state index contributed by atoms with van der Waals surface area (Å²) in [5.41, 5.74) is 2.44. The van der Waals surface area contributed by atoms with Crippen molar-refractivity contribution in [3.05, 3.63) is 58.6 Å². The lowest BCUT2D eigenvalue weighted by atomic mass is 10.1. The normalized spacial score (nSPS) is 18.8. The van der Waals surface area contributed by atoms with Crippen LogP contribution in [0.3, 0.4) is 0 Å². The molecule has 154 valence electrons. The van der Waals surface area contributed by atoms with E-state index in [4.69, 9.17) is 16.3 Å². The van der Waals surface area contributed by atoms with Crippen LogP contribution in [0.1, 0.15) is 24.0 Å². The maximum atomic E-state index is 12.4. The quantitative estimate of drug-likeness (QED) is 0.620. The Morgan fingerprint density at radius 3 is 2.90 bits per heavy atom. The molecule has 1 fully saturated rings. The van der Waals surface area contributed by atoms with Gasteiger partial charge in [0.25, 0.3) is 0 Å². The third-order valence-electron chi connectivity index (χ3n) is 4.55. The second-order valence-corrected chi connectivity index (χ2v) is 8.39. The van der Waals surface area contributed by atoms with E-state index in [0.717, 1.165) is 16.9 Å². The highest BCUT2D eigenvalue weighted by atomic mass is 35.5. The van der Waals surface area contributed by atoms with Gasteiger partial charge in [-0.15, -0.1) is 11.8 Å². The van der Waals surface area contributed by atoms with Crippen LogP contribution in [-0.2, 0) is 15.3 Å². The van der Waals surface area contributed by atoms with Crippen molar-refractivity contribution in [2.75, 3.05) is 12.4 Å². The first-order valence-electron chi connectivity index (χ1n) is 9.29. The van der Waals surface area contributed by atoms with E-state index in [1.54, 1.807) is 24.9 Å². The summed E-state index contributed by atoms with van der Waals surface area (Å²) in [7, 11) is 1.63. The van der Waals surface area contributed by atoms with Crippen LogP contribution < -0.4 is 20.7 Å². The molecule has 29 heavy (non-hydrogen) atoms. The van der Waals surface area contributed by atoms with E-state index in [-0.39, 0.29) is 36.2 Å². The van der Waals surface area contributed by atoms with Gasteiger partial charge in [0.05, 0.1) is 7.11 Å². The molecule has 2 aromatic carbocycles. The Kier molecular flexibility index (Phi) is 7.41. The Morgan fingerprint density at radius 1 is 1.31 bits per heavy atom. The number of anilines is 1. The number of thioether (sulfide) groups is 1. The smallest absolute Gasteiger partial charge is 0.225 e. The van der Waals surface area contributed by atoms with Crippen molar-refractivity contribution < 1.29 is 14.3 Å². The number of hydrogen-bond acceptors (Lipinski definition) is 5. The predicted molar refractivity (Wildman–Crippen MR) is 117 cm³/mol. The van der Waals surface area contributed by atoms with Crippen LogP contribution in [0, 0.1) is 6.92 Å². The molecular weight excluding hydrogens is 410 g/mol. The molecule has 2 aromatic rings. The lowest BCUT2D eigenvalue weighted by Gasteiger charge is -2.31. The van der Waals surface area contributed by atoms with Crippen molar-refractivity contribution >= 4 is 40.9 Å². The van der Waals surface area contributed by atoms with Crippen LogP contribution in [0.15, 0.2) is 42.5 Å². The minimum Gasteiger partial charge on any atom is -0.497 e. The van der Waals surface area contributed by atoms with Crippen LogP contribution in [0.2, 0.25) is 5.02 Å². The molecular formula is C21H24ClN3O3S. The molecule has 1 saturated heterocycles. The zero-order valence-electron chi connectivity index (χ0n) is 16.3. The van der Waals surface area contributed by atoms with Gasteiger partial charge < -0.3 is 15.4 Å². The molecule has 1 heterocycles. The van der Waals surface area contributed by atoms with Gasteiger partial charge in [0.15, 0.2) is 0 Å². The minimum absolute atomic E-state index is 0.0666. The molecule has 3 N–H and O–H groups in total. The minimum atomic E-state index is -0.255. The number of amides is 2. The average molecular weight is 434 g/mol. The van der Waals surface area contributed by atoms with E-state index in [1.165, 1.54) is 0 Å². The molecule has 2 unspecified atom stereocenters. The lowest BCUT2D eigenvalue weighted by Crippen LogP contribution is -2.55. The maximum Gasteiger partial charge on any atom is 0.225 e. The third-order valence-corrected chi connectivity index (χ3v) is 6.04. The number of nitrogens with one attached hydrogen (secondary N) is 3. The van der Waals surface area contributed by atoms with Crippen molar-refractivity contribution in [2.45, 2.75) is 37.1 Å². The number of methoxy groups -OCH3 is 1. The van der Waals surface area contributed by atoms with Gasteiger partial charge in [0.1, 0.15) is 11.2 Å². The van der Waals surface area contributed by atoms with Gasteiger partial charge in [-0.1, -0.05) is 29.8 Å². The van der Waals surface area contributed by atoms with Gasteiger partial charge in [-0.2, -0.15) is 0 Å². The number of benzene rings is 2. The van der Waals surface area contributed by atoms with Crippen molar-refractivity contribution in [1.29, 1.82) is 0 Å². The van der Waals surface area contributed by atoms with Crippen molar-refractivity contribution in [2.24, 2.45) is 0 Å². The molecule has 1 aliphatic rings. The van der Waals surface area contributed by atoms with Crippen LogP contribution in [0.5, 0.6) is 5.75 Å². The first kappa shape index (κ1) is 21.5. The highest BCUT2D eigenvalue weighted by molar-refractivity contribution is 7.99. The molecule has 0 saturated carbocycles. The van der Waals surface area contributed by atoms with Crippen LogP contribution in [0.4, 0.5) is 5.69 Å². The maximum absolute atomic E-state index is 12.4. The van der Waals surface area contributed by atoms with E-state index in [2.05, 4.69) is 16.0 Å². The van der Waals surface area contributed by atoms with Gasteiger partial charge in [0, 0.05) is 35.3 Å². The Morgan fingerprint density at radius 2 is 2.14 bits per heavy atom. The molecule has 6 nitrogen and oxygen atoms in total. The Labute approximate surface area is 179 Å². The van der Waals surface area contributed by atoms with E-state index >= 15 is 0 Å². The standard InChI is InChI=1S/C21H24ClN3O3S/c1-13-6-7-15(9-18(13)22)23-19(26)10-16-11-20(27)25-21(24-16)29-12-14-4-3-5-17(8-14)28-2/h3-9,16,21,24H,10-12H2,1-2H3,(H,23,26)(H,25,27). The van der Waals surface area contributed by atoms with E-state index < -0.39 is 0 Å². The monoisotopic (exact) mass is 433 g/mol. The summed E-state index contributed by atoms with van der Waals surface area (Å²) < 4.78 is 5.24. The number of halogens is 1. The molecule has 0 spiro atoms. The van der Waals surface area contributed by atoms with Crippen LogP contribution >= 0.6 is 23.4 Å². The molecule has 2 atom stereocenters. The predicted octanol–water partition coefficient (Wildman–Crippen LogP) is 3.68. The van der Waals surface area contributed by atoms with Gasteiger partial charge in [-0.05, 0) is 42.3 Å². The molecule has 0 aromatic heterocycles. The Balaban J connectivity index is 1.52. The number of hydrogen-bond donors (Lipinski definition) is 3. The Hall–Kier alpha value is -2.22. The first-order valence-corrected chi connectivity index (χ1v) is 10.7. The molecule has 1 aliphatic heterocycles. The molecule has 0 bridgehead atoms. The van der Waals surface area contributed by atoms with E-state index in [0.29, 0.717) is 16.5 Å².